The van der Waals surface area contributed by atoms with Crippen molar-refractivity contribution >= 4 is 17.2 Å². The fourth-order valence-corrected chi connectivity index (χ4v) is 4.75. The van der Waals surface area contributed by atoms with Gasteiger partial charge in [0.1, 0.15) is 0 Å². The van der Waals surface area contributed by atoms with Crippen molar-refractivity contribution in [3.05, 3.63) is 85.6 Å². The topological polar surface area (TPSA) is 0 Å². The van der Waals surface area contributed by atoms with Crippen LogP contribution in [-0.2, 0) is 36.7 Å². The number of allylic oxidation sites excluding steroid dienone is 4. The van der Waals surface area contributed by atoms with Crippen LogP contribution in [0.4, 0.5) is 0 Å². The Morgan fingerprint density at radius 3 is 2.00 bits per heavy atom. The largest absolute Gasteiger partial charge is 1.00 e. The maximum atomic E-state index is 3.89. The van der Waals surface area contributed by atoms with Crippen molar-refractivity contribution in [2.24, 2.45) is 0 Å². The third-order valence-corrected chi connectivity index (χ3v) is 6.14. The van der Waals surface area contributed by atoms with Crippen LogP contribution < -0.4 is 35.3 Å². The average molecular weight is 631 g/mol. The molecule has 2 aliphatic rings. The first-order valence-electron chi connectivity index (χ1n) is 10.8. The third kappa shape index (κ3) is 4.96. The Morgan fingerprint density at radius 1 is 0.875 bits per heavy atom. The van der Waals surface area contributed by atoms with E-state index in [2.05, 4.69) is 104 Å². The van der Waals surface area contributed by atoms with Crippen molar-refractivity contribution in [1.82, 2.24) is 0 Å². The Balaban J connectivity index is 0.00000171. The molecule has 0 spiro atoms. The van der Waals surface area contributed by atoms with Gasteiger partial charge in [0.05, 0.1) is 0 Å². The monoisotopic (exact) mass is 631 g/mol. The first kappa shape index (κ1) is 29.1. The van der Waals surface area contributed by atoms with E-state index in [1.807, 2.05) is 0 Å². The molecule has 0 amide bonds. The average Bonchev–Trinajstić information content (AvgIpc) is 3.25. The second-order valence-corrected chi connectivity index (χ2v) is 10.8. The zero-order valence-electron chi connectivity index (χ0n) is 20.5. The van der Waals surface area contributed by atoms with Gasteiger partial charge in [0.25, 0.3) is 0 Å². The van der Waals surface area contributed by atoms with Crippen LogP contribution in [0, 0.1) is 10.4 Å². The summed E-state index contributed by atoms with van der Waals surface area (Å²) in [4.78, 5) is 0. The van der Waals surface area contributed by atoms with E-state index in [-0.39, 0.29) is 61.5 Å². The van der Waals surface area contributed by atoms with Crippen molar-refractivity contribution in [1.29, 1.82) is 0 Å². The zero-order chi connectivity index (χ0) is 21.1. The molecule has 0 atom stereocenters. The van der Waals surface area contributed by atoms with Gasteiger partial charge in [-0.2, -0.15) is 0 Å². The van der Waals surface area contributed by atoms with Crippen molar-refractivity contribution in [3.8, 4) is 0 Å². The third-order valence-electron chi connectivity index (χ3n) is 6.14. The molecule has 0 aromatic heterocycles. The summed E-state index contributed by atoms with van der Waals surface area (Å²) < 4.78 is 0. The van der Waals surface area contributed by atoms with Gasteiger partial charge >= 0.3 is 0 Å². The Kier molecular flexibility index (Phi) is 9.25. The second kappa shape index (κ2) is 10.2. The number of rotatable bonds is 1. The van der Waals surface area contributed by atoms with Gasteiger partial charge in [0.15, 0.2) is 0 Å². The number of hydrogen-bond donors (Lipinski definition) is 0. The van der Waals surface area contributed by atoms with Crippen LogP contribution in [0.1, 0.15) is 84.1 Å². The van der Waals surface area contributed by atoms with Crippen molar-refractivity contribution < 1.29 is 50.7 Å². The summed E-state index contributed by atoms with van der Waals surface area (Å²) in [5.41, 5.74) is 8.48. The van der Waals surface area contributed by atoms with Gasteiger partial charge < -0.3 is 24.8 Å². The molecule has 0 fully saturated rings. The van der Waals surface area contributed by atoms with E-state index in [1.165, 1.54) is 54.3 Å². The fraction of sp³-hybridized carbons (Fsp3) is 0.379. The molecule has 170 valence electrons. The Morgan fingerprint density at radius 2 is 1.50 bits per heavy atom. The van der Waals surface area contributed by atoms with Crippen LogP contribution in [0.2, 0.25) is 0 Å². The van der Waals surface area contributed by atoms with Crippen molar-refractivity contribution in [2.75, 3.05) is 0 Å². The van der Waals surface area contributed by atoms with Crippen LogP contribution in [0.25, 0.3) is 17.2 Å². The Bertz CT molecular complexity index is 1290. The minimum Gasteiger partial charge on any atom is -1.00 e. The standard InChI is InChI=1S/C29H33.2ClH.Hf/c1-18(2)26-25(29(6,7)8)17-21-20-14-11-15-24(28(3,4)5)22(20)16-23(21)27(26)19-12-9-10-13-19;;;/h9-12,14-15,17H,13H2,1-8H3;2*1H;/q-1;;;/p-2. The molecule has 0 N–H and O–H groups in total. The van der Waals surface area contributed by atoms with Gasteiger partial charge in [0.2, 0.25) is 0 Å². The van der Waals surface area contributed by atoms with Gasteiger partial charge in [-0.3, -0.25) is 0 Å². The van der Waals surface area contributed by atoms with Crippen molar-refractivity contribution in [3.63, 3.8) is 0 Å². The summed E-state index contributed by atoms with van der Waals surface area (Å²) in [5, 5.41) is 5.40. The number of benzene rings is 2. The molecule has 2 aromatic rings. The molecular weight excluding hydrogens is 598 g/mol. The summed E-state index contributed by atoms with van der Waals surface area (Å²) >= 11 is 0. The molecule has 0 aliphatic heterocycles. The molecule has 0 saturated heterocycles. The Hall–Kier alpha value is -0.890. The number of halogens is 2. The van der Waals surface area contributed by atoms with Crippen LogP contribution in [-0.4, -0.2) is 0 Å². The minimum absolute atomic E-state index is 0. The quantitative estimate of drug-likeness (QED) is 0.265. The van der Waals surface area contributed by atoms with Crippen LogP contribution in [0.15, 0.2) is 42.5 Å². The molecule has 0 radical (unpaired) electrons. The molecular formula is C29H33Cl2Hf-3. The van der Waals surface area contributed by atoms with Gasteiger partial charge in [-0.25, -0.2) is 0 Å². The first-order valence-corrected chi connectivity index (χ1v) is 10.8. The fourth-order valence-electron chi connectivity index (χ4n) is 4.75. The molecule has 0 unspecified atom stereocenters. The maximum Gasteiger partial charge on any atom is 0 e. The van der Waals surface area contributed by atoms with Gasteiger partial charge in [0, 0.05) is 25.8 Å². The normalized spacial score (nSPS) is 13.7. The van der Waals surface area contributed by atoms with E-state index in [0.29, 0.717) is 0 Å². The molecule has 0 nitrogen and oxygen atoms in total. The summed E-state index contributed by atoms with van der Waals surface area (Å²) in [7, 11) is 0. The molecule has 0 saturated carbocycles. The van der Waals surface area contributed by atoms with Crippen molar-refractivity contribution in [2.45, 2.75) is 72.6 Å². The molecule has 0 bridgehead atoms. The SMILES string of the molecule is CC(C)=c1c(C(C)(C)C)cc2c(c1C1=CC=CC1)[C-]=c1c(C(C)(C)C)cccc1=2.[Cl-].[Cl-].[Hf]. The number of hydrogen-bond acceptors (Lipinski definition) is 0. The van der Waals surface area contributed by atoms with E-state index in [4.69, 9.17) is 0 Å². The van der Waals surface area contributed by atoms with Gasteiger partial charge in [-0.1, -0.05) is 106 Å². The maximum absolute atomic E-state index is 3.89. The summed E-state index contributed by atoms with van der Waals surface area (Å²) in [6.45, 7) is 18.4. The van der Waals surface area contributed by atoms with E-state index in [0.717, 1.165) is 6.42 Å². The van der Waals surface area contributed by atoms with Crippen LogP contribution in [0.5, 0.6) is 0 Å². The molecule has 3 heteroatoms. The van der Waals surface area contributed by atoms with E-state index in [9.17, 15) is 0 Å². The summed E-state index contributed by atoms with van der Waals surface area (Å²) in [6.07, 6.45) is 11.7. The van der Waals surface area contributed by atoms with Gasteiger partial charge in [-0.05, 0) is 41.9 Å². The zero-order valence-corrected chi connectivity index (χ0v) is 25.6. The van der Waals surface area contributed by atoms with E-state index >= 15 is 0 Å². The predicted octanol–water partition coefficient (Wildman–Crippen LogP) is 0.127. The van der Waals surface area contributed by atoms with Gasteiger partial charge in [-0.15, -0.1) is 27.3 Å². The molecule has 4 rings (SSSR count). The molecule has 2 aliphatic carbocycles. The summed E-state index contributed by atoms with van der Waals surface area (Å²) in [5.74, 6) is 0. The minimum atomic E-state index is 0. The van der Waals surface area contributed by atoms with Crippen LogP contribution in [0.3, 0.4) is 0 Å². The first-order chi connectivity index (χ1) is 13.5. The molecule has 2 aromatic carbocycles. The van der Waals surface area contributed by atoms with E-state index in [1.54, 1.807) is 0 Å². The van der Waals surface area contributed by atoms with Crippen LogP contribution >= 0.6 is 0 Å². The number of fused-ring (bicyclic) bond motifs is 2. The molecule has 32 heavy (non-hydrogen) atoms. The Labute approximate surface area is 224 Å². The van der Waals surface area contributed by atoms with E-state index < -0.39 is 0 Å². The smallest absolute Gasteiger partial charge is 0 e. The molecule has 0 heterocycles. The summed E-state index contributed by atoms with van der Waals surface area (Å²) in [6, 6.07) is 9.23. The predicted molar refractivity (Wildman–Crippen MR) is 126 cm³/mol. The second-order valence-electron chi connectivity index (χ2n) is 10.8.